The maximum Gasteiger partial charge on any atom is 0.0726 e. The van der Waals surface area contributed by atoms with Crippen molar-refractivity contribution in [2.75, 3.05) is 4.90 Å². The van der Waals surface area contributed by atoms with Gasteiger partial charge in [0.15, 0.2) is 0 Å². The van der Waals surface area contributed by atoms with Gasteiger partial charge in [0, 0.05) is 16.9 Å². The number of benzene rings is 7. The second-order valence-electron chi connectivity index (χ2n) is 16.8. The van der Waals surface area contributed by atoms with Crippen molar-refractivity contribution in [2.24, 2.45) is 0 Å². The fourth-order valence-electron chi connectivity index (χ4n) is 10.3. The molecule has 0 saturated heterocycles. The van der Waals surface area contributed by atoms with Crippen LogP contribution in [0.25, 0.3) is 33.4 Å². The first-order valence-corrected chi connectivity index (χ1v) is 19.2. The first-order chi connectivity index (χ1) is 25.7. The second kappa shape index (κ2) is 11.4. The molecule has 0 bridgehead atoms. The van der Waals surface area contributed by atoms with Crippen LogP contribution in [0.1, 0.15) is 79.5 Å². The van der Waals surface area contributed by atoms with Crippen LogP contribution in [-0.2, 0) is 16.2 Å². The Morgan fingerprint density at radius 2 is 0.887 bits per heavy atom. The van der Waals surface area contributed by atoms with Crippen LogP contribution in [0.4, 0.5) is 17.1 Å². The highest BCUT2D eigenvalue weighted by atomic mass is 15.1. The molecular formula is C52H45N. The fraction of sp³-hybridized carbons (Fsp3) is 0.192. The van der Waals surface area contributed by atoms with E-state index in [1.807, 2.05) is 0 Å². The molecule has 3 aliphatic rings. The van der Waals surface area contributed by atoms with Gasteiger partial charge in [0.05, 0.1) is 11.1 Å². The molecule has 0 aromatic heterocycles. The molecule has 3 aliphatic carbocycles. The minimum Gasteiger partial charge on any atom is -0.310 e. The first kappa shape index (κ1) is 32.0. The summed E-state index contributed by atoms with van der Waals surface area (Å²) < 4.78 is 0. The van der Waals surface area contributed by atoms with E-state index in [0.29, 0.717) is 0 Å². The molecule has 0 N–H and O–H groups in total. The topological polar surface area (TPSA) is 3.24 Å². The summed E-state index contributed by atoms with van der Waals surface area (Å²) in [6.45, 7) is 12.2. The summed E-state index contributed by atoms with van der Waals surface area (Å²) >= 11 is 0. The highest BCUT2D eigenvalue weighted by Crippen LogP contribution is 2.64. The lowest BCUT2D eigenvalue weighted by Crippen LogP contribution is -2.34. The Labute approximate surface area is 314 Å². The molecule has 0 heterocycles. The fourth-order valence-corrected chi connectivity index (χ4v) is 10.3. The van der Waals surface area contributed by atoms with Crippen molar-refractivity contribution in [1.82, 2.24) is 0 Å². The van der Waals surface area contributed by atoms with E-state index in [0.717, 1.165) is 17.8 Å². The van der Waals surface area contributed by atoms with Crippen LogP contribution in [0, 0.1) is 6.92 Å². The van der Waals surface area contributed by atoms with Crippen LogP contribution in [0.3, 0.4) is 0 Å². The Balaban J connectivity index is 1.39. The molecule has 0 unspecified atom stereocenters. The maximum absolute atomic E-state index is 2.59. The average molecular weight is 684 g/mol. The normalized spacial score (nSPS) is 16.3. The maximum atomic E-state index is 2.59. The third kappa shape index (κ3) is 4.43. The van der Waals surface area contributed by atoms with Gasteiger partial charge in [0.25, 0.3) is 0 Å². The first-order valence-electron chi connectivity index (χ1n) is 19.2. The van der Waals surface area contributed by atoms with Crippen LogP contribution >= 0.6 is 0 Å². The quantitative estimate of drug-likeness (QED) is 0.178. The van der Waals surface area contributed by atoms with Crippen LogP contribution < -0.4 is 4.90 Å². The molecule has 0 aliphatic heterocycles. The van der Waals surface area contributed by atoms with E-state index in [-0.39, 0.29) is 10.8 Å². The van der Waals surface area contributed by atoms with E-state index in [2.05, 4.69) is 197 Å². The largest absolute Gasteiger partial charge is 0.310 e. The van der Waals surface area contributed by atoms with E-state index in [4.69, 9.17) is 0 Å². The number of hydrogen-bond donors (Lipinski definition) is 0. The number of fused-ring (bicyclic) bond motifs is 11. The standard InChI is InChI=1S/C52H45N/c1-34-28-29-45-49(51(4,5)31-30-50(45,2)3)48(34)41-32-40-39-24-14-17-27-44(39)52(42-25-15-12-22-37(42)38-23-13-16-26-43(38)52)46(40)33-47(41)53(35-18-8-6-9-19-35)36-20-10-7-11-21-36/h6-29,32-33H,30-31H2,1-5H3. The highest BCUT2D eigenvalue weighted by molar-refractivity contribution is 6.01. The average Bonchev–Trinajstić information content (AvgIpc) is 3.64. The monoisotopic (exact) mass is 683 g/mol. The molecule has 0 fully saturated rings. The number of rotatable bonds is 4. The smallest absolute Gasteiger partial charge is 0.0726 e. The van der Waals surface area contributed by atoms with E-state index in [9.17, 15) is 0 Å². The third-order valence-corrected chi connectivity index (χ3v) is 12.8. The molecule has 258 valence electrons. The van der Waals surface area contributed by atoms with Crippen molar-refractivity contribution in [3.05, 3.63) is 197 Å². The zero-order chi connectivity index (χ0) is 36.1. The molecule has 0 radical (unpaired) electrons. The lowest BCUT2D eigenvalue weighted by atomic mass is 9.61. The Morgan fingerprint density at radius 1 is 0.415 bits per heavy atom. The van der Waals surface area contributed by atoms with Crippen LogP contribution in [-0.4, -0.2) is 0 Å². The van der Waals surface area contributed by atoms with E-state index < -0.39 is 5.41 Å². The number of anilines is 3. The molecule has 1 heteroatoms. The molecular weight excluding hydrogens is 639 g/mol. The summed E-state index contributed by atoms with van der Waals surface area (Å²) in [5.41, 5.74) is 21.0. The second-order valence-corrected chi connectivity index (χ2v) is 16.8. The summed E-state index contributed by atoms with van der Waals surface area (Å²) in [5.74, 6) is 0. The minimum atomic E-state index is -0.433. The predicted octanol–water partition coefficient (Wildman–Crippen LogP) is 13.8. The van der Waals surface area contributed by atoms with E-state index in [1.54, 1.807) is 0 Å². The minimum absolute atomic E-state index is 0.0231. The van der Waals surface area contributed by atoms with E-state index in [1.165, 1.54) is 84.4 Å². The van der Waals surface area contributed by atoms with Crippen molar-refractivity contribution in [3.8, 4) is 33.4 Å². The highest BCUT2D eigenvalue weighted by Gasteiger charge is 2.52. The van der Waals surface area contributed by atoms with Crippen LogP contribution in [0.15, 0.2) is 158 Å². The summed E-state index contributed by atoms with van der Waals surface area (Å²) in [5, 5.41) is 0. The Kier molecular flexibility index (Phi) is 6.90. The van der Waals surface area contributed by atoms with Crippen molar-refractivity contribution >= 4 is 17.1 Å². The molecule has 1 nitrogen and oxygen atoms in total. The molecule has 7 aromatic rings. The summed E-state index contributed by atoms with van der Waals surface area (Å²) in [4.78, 5) is 2.51. The van der Waals surface area contributed by atoms with Crippen LogP contribution in [0.2, 0.25) is 0 Å². The number of aryl methyl sites for hydroxylation is 1. The molecule has 53 heavy (non-hydrogen) atoms. The molecule has 1 spiro atoms. The van der Waals surface area contributed by atoms with Crippen LogP contribution in [0.5, 0.6) is 0 Å². The Bertz CT molecular complexity index is 2490. The van der Waals surface area contributed by atoms with Gasteiger partial charge >= 0.3 is 0 Å². The predicted molar refractivity (Wildman–Crippen MR) is 223 cm³/mol. The zero-order valence-electron chi connectivity index (χ0n) is 31.4. The summed E-state index contributed by atoms with van der Waals surface area (Å²) in [6, 6.07) is 59.4. The zero-order valence-corrected chi connectivity index (χ0v) is 31.4. The molecule has 7 aromatic carbocycles. The van der Waals surface area contributed by atoms with Gasteiger partial charge in [-0.05, 0) is 134 Å². The number of para-hydroxylation sites is 2. The lowest BCUT2D eigenvalue weighted by Gasteiger charge is -2.44. The Morgan fingerprint density at radius 3 is 1.43 bits per heavy atom. The van der Waals surface area contributed by atoms with Crippen molar-refractivity contribution in [2.45, 2.75) is 63.7 Å². The van der Waals surface area contributed by atoms with Gasteiger partial charge in [-0.2, -0.15) is 0 Å². The summed E-state index contributed by atoms with van der Waals surface area (Å²) in [7, 11) is 0. The van der Waals surface area contributed by atoms with Crippen molar-refractivity contribution < 1.29 is 0 Å². The van der Waals surface area contributed by atoms with Gasteiger partial charge in [0.1, 0.15) is 0 Å². The number of nitrogens with zero attached hydrogens (tertiary/aromatic N) is 1. The van der Waals surface area contributed by atoms with E-state index >= 15 is 0 Å². The molecule has 0 amide bonds. The Hall–Kier alpha value is -5.66. The van der Waals surface area contributed by atoms with Crippen molar-refractivity contribution in [1.29, 1.82) is 0 Å². The summed E-state index contributed by atoms with van der Waals surface area (Å²) in [6.07, 6.45) is 2.34. The van der Waals surface area contributed by atoms with Gasteiger partial charge in [0.2, 0.25) is 0 Å². The van der Waals surface area contributed by atoms with Crippen molar-refractivity contribution in [3.63, 3.8) is 0 Å². The van der Waals surface area contributed by atoms with Gasteiger partial charge < -0.3 is 4.90 Å². The van der Waals surface area contributed by atoms with Gasteiger partial charge in [-0.3, -0.25) is 0 Å². The number of hydrogen-bond acceptors (Lipinski definition) is 1. The lowest BCUT2D eigenvalue weighted by molar-refractivity contribution is 0.332. The van der Waals surface area contributed by atoms with Gasteiger partial charge in [-0.15, -0.1) is 0 Å². The van der Waals surface area contributed by atoms with Gasteiger partial charge in [-0.1, -0.05) is 149 Å². The molecule has 0 atom stereocenters. The van der Waals surface area contributed by atoms with Gasteiger partial charge in [-0.25, -0.2) is 0 Å². The SMILES string of the molecule is Cc1ccc2c(c1-c1cc3c(cc1N(c1ccccc1)c1ccccc1)C1(c4ccccc4-c4ccccc41)c1ccccc1-3)C(C)(C)CCC2(C)C. The third-order valence-electron chi connectivity index (χ3n) is 12.8. The molecule has 0 saturated carbocycles. The molecule has 10 rings (SSSR count).